The van der Waals surface area contributed by atoms with E-state index in [1.165, 1.54) is 37.6 Å². The number of H-pyrrole nitrogens is 1. The lowest BCUT2D eigenvalue weighted by molar-refractivity contribution is -0.146. The van der Waals surface area contributed by atoms with Crippen LogP contribution >= 0.6 is 11.6 Å². The van der Waals surface area contributed by atoms with Gasteiger partial charge in [-0.05, 0) is 18.2 Å². The van der Waals surface area contributed by atoms with Gasteiger partial charge in [-0.1, -0.05) is 17.5 Å². The zero-order chi connectivity index (χ0) is 17.0. The second-order valence-corrected chi connectivity index (χ2v) is 5.09. The van der Waals surface area contributed by atoms with E-state index in [1.807, 2.05) is 0 Å². The second-order valence-electron chi connectivity index (χ2n) is 4.69. The Morgan fingerprint density at radius 2 is 2.22 bits per heavy atom. The van der Waals surface area contributed by atoms with Gasteiger partial charge in [0.1, 0.15) is 0 Å². The van der Waals surface area contributed by atoms with Gasteiger partial charge in [0.25, 0.3) is 5.91 Å². The summed E-state index contributed by atoms with van der Waals surface area (Å²) in [7, 11) is 2.75. The summed E-state index contributed by atoms with van der Waals surface area (Å²) in [5, 5.41) is 0.294. The Morgan fingerprint density at radius 3 is 2.74 bits per heavy atom. The molecule has 0 aliphatic heterocycles. The van der Waals surface area contributed by atoms with E-state index in [2.05, 4.69) is 15.9 Å². The molecule has 6 nitrogen and oxygen atoms in total. The molecule has 0 bridgehead atoms. The lowest BCUT2D eigenvalue weighted by Crippen LogP contribution is -2.36. The van der Waals surface area contributed by atoms with Crippen LogP contribution in [0.5, 0.6) is 0 Å². The van der Waals surface area contributed by atoms with E-state index >= 15 is 0 Å². The highest BCUT2D eigenvalue weighted by atomic mass is 35.5. The first-order chi connectivity index (χ1) is 11.0. The highest BCUT2D eigenvalue weighted by Gasteiger charge is 2.31. The molecule has 1 atom stereocenters. The average Bonchev–Trinajstić information content (AvgIpc) is 3.07. The van der Waals surface area contributed by atoms with Gasteiger partial charge in [0.15, 0.2) is 6.04 Å². The zero-order valence-electron chi connectivity index (χ0n) is 12.5. The van der Waals surface area contributed by atoms with Crippen LogP contribution in [-0.2, 0) is 9.53 Å². The summed E-state index contributed by atoms with van der Waals surface area (Å²) >= 11 is 6.03. The molecule has 7 heteroatoms. The SMILES string of the molecule is C#Cc1ccc(C(=O)N(C)C(C(=O)OC)c2cnc[nH]2)cc1Cl. The topological polar surface area (TPSA) is 75.3 Å². The molecule has 0 aliphatic rings. The Balaban J connectivity index is 2.35. The minimum Gasteiger partial charge on any atom is -0.467 e. The number of likely N-dealkylation sites (N-methyl/N-ethyl adjacent to an activating group) is 1. The molecule has 0 fully saturated rings. The van der Waals surface area contributed by atoms with Crippen molar-refractivity contribution in [2.75, 3.05) is 14.2 Å². The standard InChI is InChI=1S/C16H14ClN3O3/c1-4-10-5-6-11(7-12(10)17)15(21)20(2)14(16(22)23-3)13-8-18-9-19-13/h1,5-9,14H,2-3H3,(H,18,19). The molecule has 2 aromatic rings. The predicted octanol–water partition coefficient (Wildman–Crippen LogP) is 2.03. The van der Waals surface area contributed by atoms with Crippen molar-refractivity contribution in [1.82, 2.24) is 14.9 Å². The predicted molar refractivity (Wildman–Crippen MR) is 84.8 cm³/mol. The largest absolute Gasteiger partial charge is 0.467 e. The molecule has 2 rings (SSSR count). The minimum absolute atomic E-state index is 0.294. The number of aromatic nitrogens is 2. The van der Waals surface area contributed by atoms with Crippen LogP contribution in [0.3, 0.4) is 0 Å². The highest BCUT2D eigenvalue weighted by molar-refractivity contribution is 6.32. The van der Waals surface area contributed by atoms with E-state index in [9.17, 15) is 9.59 Å². The monoisotopic (exact) mass is 331 g/mol. The van der Waals surface area contributed by atoms with E-state index in [4.69, 9.17) is 22.8 Å². The normalized spacial score (nSPS) is 11.4. The number of aromatic amines is 1. The highest BCUT2D eigenvalue weighted by Crippen LogP contribution is 2.23. The molecule has 1 unspecified atom stereocenters. The number of nitrogens with one attached hydrogen (secondary N) is 1. The average molecular weight is 332 g/mol. The van der Waals surface area contributed by atoms with Crippen molar-refractivity contribution in [2.45, 2.75) is 6.04 Å². The van der Waals surface area contributed by atoms with Crippen LogP contribution in [0.2, 0.25) is 5.02 Å². The summed E-state index contributed by atoms with van der Waals surface area (Å²) in [6.45, 7) is 0. The van der Waals surface area contributed by atoms with Gasteiger partial charge in [-0.3, -0.25) is 4.79 Å². The third kappa shape index (κ3) is 3.35. The number of carbonyl (C=O) groups excluding carboxylic acids is 2. The number of nitrogens with zero attached hydrogens (tertiary/aromatic N) is 2. The molecule has 0 spiro atoms. The Morgan fingerprint density at radius 1 is 1.48 bits per heavy atom. The molecular formula is C16H14ClN3O3. The maximum absolute atomic E-state index is 12.6. The number of esters is 1. The van der Waals surface area contributed by atoms with Crippen molar-refractivity contribution < 1.29 is 14.3 Å². The number of benzene rings is 1. The quantitative estimate of drug-likeness (QED) is 0.687. The third-order valence-corrected chi connectivity index (χ3v) is 3.63. The summed E-state index contributed by atoms with van der Waals surface area (Å²) in [6, 6.07) is 3.66. The summed E-state index contributed by atoms with van der Waals surface area (Å²) in [4.78, 5) is 32.6. The lowest BCUT2D eigenvalue weighted by atomic mass is 10.1. The maximum Gasteiger partial charge on any atom is 0.334 e. The van der Waals surface area contributed by atoms with Crippen LogP contribution in [0.4, 0.5) is 0 Å². The van der Waals surface area contributed by atoms with Gasteiger partial charge in [-0.15, -0.1) is 6.42 Å². The first-order valence-corrected chi connectivity index (χ1v) is 6.96. The molecule has 1 amide bonds. The fraction of sp³-hybridized carbons (Fsp3) is 0.188. The second kappa shape index (κ2) is 6.99. The smallest absolute Gasteiger partial charge is 0.334 e. The van der Waals surface area contributed by atoms with Gasteiger partial charge in [-0.25, -0.2) is 9.78 Å². The molecule has 0 saturated heterocycles. The first kappa shape index (κ1) is 16.6. The third-order valence-electron chi connectivity index (χ3n) is 3.32. The molecule has 118 valence electrons. The van der Waals surface area contributed by atoms with Crippen LogP contribution in [0.15, 0.2) is 30.7 Å². The Hall–Kier alpha value is -2.78. The number of terminal acetylenes is 1. The maximum atomic E-state index is 12.6. The molecule has 1 aromatic heterocycles. The van der Waals surface area contributed by atoms with Crippen LogP contribution in [0.1, 0.15) is 27.7 Å². The lowest BCUT2D eigenvalue weighted by Gasteiger charge is -2.25. The number of rotatable bonds is 4. The zero-order valence-corrected chi connectivity index (χ0v) is 13.3. The molecule has 1 aromatic carbocycles. The molecule has 0 radical (unpaired) electrons. The minimum atomic E-state index is -0.943. The van der Waals surface area contributed by atoms with E-state index in [0.29, 0.717) is 21.8 Å². The summed E-state index contributed by atoms with van der Waals surface area (Å²) < 4.78 is 4.77. The summed E-state index contributed by atoms with van der Waals surface area (Å²) in [6.07, 6.45) is 8.18. The molecule has 1 heterocycles. The number of imidazole rings is 1. The molecule has 0 saturated carbocycles. The molecule has 23 heavy (non-hydrogen) atoms. The molecular weight excluding hydrogens is 318 g/mol. The number of hydrogen-bond donors (Lipinski definition) is 1. The number of hydrogen-bond acceptors (Lipinski definition) is 4. The molecule has 0 aliphatic carbocycles. The van der Waals surface area contributed by atoms with Crippen LogP contribution in [0.25, 0.3) is 0 Å². The van der Waals surface area contributed by atoms with Crippen molar-refractivity contribution in [3.05, 3.63) is 52.6 Å². The van der Waals surface area contributed by atoms with Crippen LogP contribution in [-0.4, -0.2) is 40.9 Å². The van der Waals surface area contributed by atoms with Crippen molar-refractivity contribution in [2.24, 2.45) is 0 Å². The van der Waals surface area contributed by atoms with Crippen LogP contribution in [0, 0.1) is 12.3 Å². The molecule has 1 N–H and O–H groups in total. The van der Waals surface area contributed by atoms with Crippen molar-refractivity contribution >= 4 is 23.5 Å². The Kier molecular flexibility index (Phi) is 5.04. The van der Waals surface area contributed by atoms with Gasteiger partial charge in [0.05, 0.1) is 30.4 Å². The number of ether oxygens (including phenoxy) is 1. The fourth-order valence-electron chi connectivity index (χ4n) is 2.11. The Labute approximate surface area is 138 Å². The number of halogens is 1. The van der Waals surface area contributed by atoms with E-state index in [1.54, 1.807) is 12.1 Å². The number of carbonyl (C=O) groups is 2. The van der Waals surface area contributed by atoms with E-state index in [0.717, 1.165) is 0 Å². The van der Waals surface area contributed by atoms with Gasteiger partial charge >= 0.3 is 5.97 Å². The first-order valence-electron chi connectivity index (χ1n) is 6.59. The van der Waals surface area contributed by atoms with Crippen molar-refractivity contribution in [1.29, 1.82) is 0 Å². The van der Waals surface area contributed by atoms with Gasteiger partial charge in [0, 0.05) is 18.2 Å². The summed E-state index contributed by atoms with van der Waals surface area (Å²) in [5.74, 6) is 1.43. The van der Waals surface area contributed by atoms with Gasteiger partial charge in [-0.2, -0.15) is 0 Å². The van der Waals surface area contributed by atoms with Gasteiger partial charge < -0.3 is 14.6 Å². The van der Waals surface area contributed by atoms with Crippen molar-refractivity contribution in [3.8, 4) is 12.3 Å². The number of amides is 1. The van der Waals surface area contributed by atoms with E-state index < -0.39 is 17.9 Å². The van der Waals surface area contributed by atoms with Crippen molar-refractivity contribution in [3.63, 3.8) is 0 Å². The summed E-state index contributed by atoms with van der Waals surface area (Å²) in [5.41, 5.74) is 1.24. The number of methoxy groups -OCH3 is 1. The van der Waals surface area contributed by atoms with E-state index in [-0.39, 0.29) is 0 Å². The Bertz CT molecular complexity index is 765. The fourth-order valence-corrected chi connectivity index (χ4v) is 2.34. The van der Waals surface area contributed by atoms with Crippen LogP contribution < -0.4 is 0 Å². The van der Waals surface area contributed by atoms with Gasteiger partial charge in [0.2, 0.25) is 0 Å².